The summed E-state index contributed by atoms with van der Waals surface area (Å²) in [5.41, 5.74) is 3.40. The van der Waals surface area contributed by atoms with Gasteiger partial charge in [0.15, 0.2) is 6.10 Å². The Bertz CT molecular complexity index is 1040. The fourth-order valence-electron chi connectivity index (χ4n) is 3.71. The summed E-state index contributed by atoms with van der Waals surface area (Å²) in [7, 11) is 0. The Balaban J connectivity index is 0.00000247. The molecule has 0 spiro atoms. The molecule has 0 fully saturated rings. The molecule has 0 aromatic heterocycles. The van der Waals surface area contributed by atoms with Gasteiger partial charge in [-0.3, -0.25) is 0 Å². The quantitative estimate of drug-likeness (QED) is 0.212. The summed E-state index contributed by atoms with van der Waals surface area (Å²) in [6, 6.07) is 18.0. The molecule has 2 aromatic rings. The molecule has 0 bridgehead atoms. The SMILES string of the molecule is CC.CCOC(=O)C(CC1=CCC=C(OCCOCc2ccccc2)C=C1)Oc1ccc(C(C)(C)C)cc1. The molecule has 0 amide bonds. The van der Waals surface area contributed by atoms with Crippen molar-refractivity contribution in [1.29, 1.82) is 0 Å². The van der Waals surface area contributed by atoms with E-state index in [1.165, 1.54) is 5.56 Å². The number of carbonyl (C=O) groups is 1. The third kappa shape index (κ3) is 11.0. The minimum Gasteiger partial charge on any atom is -0.492 e. The van der Waals surface area contributed by atoms with E-state index in [1.807, 2.05) is 86.7 Å². The Labute approximate surface area is 229 Å². The zero-order valence-corrected chi connectivity index (χ0v) is 23.9. The van der Waals surface area contributed by atoms with Gasteiger partial charge < -0.3 is 18.9 Å². The highest BCUT2D eigenvalue weighted by molar-refractivity contribution is 5.75. The molecule has 0 saturated carbocycles. The van der Waals surface area contributed by atoms with Crippen molar-refractivity contribution in [2.24, 2.45) is 0 Å². The molecule has 1 unspecified atom stereocenters. The largest absolute Gasteiger partial charge is 0.492 e. The highest BCUT2D eigenvalue weighted by Gasteiger charge is 2.23. The van der Waals surface area contributed by atoms with Crippen LogP contribution in [0.25, 0.3) is 0 Å². The summed E-state index contributed by atoms with van der Waals surface area (Å²) < 4.78 is 22.9. The molecule has 3 rings (SSSR count). The summed E-state index contributed by atoms with van der Waals surface area (Å²) in [5, 5.41) is 0. The molecule has 0 aliphatic heterocycles. The zero-order chi connectivity index (χ0) is 27.8. The van der Waals surface area contributed by atoms with Crippen molar-refractivity contribution in [1.82, 2.24) is 0 Å². The van der Waals surface area contributed by atoms with E-state index in [0.29, 0.717) is 45.0 Å². The molecule has 0 radical (unpaired) electrons. The first-order valence-corrected chi connectivity index (χ1v) is 13.6. The molecule has 0 saturated heterocycles. The van der Waals surface area contributed by atoms with Crippen LogP contribution in [0.4, 0.5) is 0 Å². The van der Waals surface area contributed by atoms with Gasteiger partial charge in [0.2, 0.25) is 0 Å². The van der Waals surface area contributed by atoms with Crippen molar-refractivity contribution >= 4 is 5.97 Å². The third-order valence-electron chi connectivity index (χ3n) is 5.74. The summed E-state index contributed by atoms with van der Waals surface area (Å²) in [6.07, 6.45) is 8.40. The summed E-state index contributed by atoms with van der Waals surface area (Å²) >= 11 is 0. The van der Waals surface area contributed by atoms with Gasteiger partial charge in [-0.05, 0) is 59.7 Å². The average molecular weight is 521 g/mol. The van der Waals surface area contributed by atoms with E-state index in [4.69, 9.17) is 18.9 Å². The highest BCUT2D eigenvalue weighted by atomic mass is 16.6. The van der Waals surface area contributed by atoms with E-state index in [9.17, 15) is 4.79 Å². The van der Waals surface area contributed by atoms with E-state index in [0.717, 1.165) is 16.9 Å². The maximum absolute atomic E-state index is 12.7. The first-order valence-electron chi connectivity index (χ1n) is 13.6. The number of rotatable bonds is 12. The van der Waals surface area contributed by atoms with E-state index in [2.05, 4.69) is 26.8 Å². The predicted molar refractivity (Wildman–Crippen MR) is 154 cm³/mol. The third-order valence-corrected chi connectivity index (χ3v) is 5.74. The number of ether oxygens (including phenoxy) is 4. The predicted octanol–water partition coefficient (Wildman–Crippen LogP) is 7.71. The second-order valence-electron chi connectivity index (χ2n) is 9.68. The van der Waals surface area contributed by atoms with Gasteiger partial charge in [-0.15, -0.1) is 0 Å². The van der Waals surface area contributed by atoms with Gasteiger partial charge in [-0.25, -0.2) is 4.79 Å². The first kappa shape index (κ1) is 30.9. The molecular weight excluding hydrogens is 476 g/mol. The van der Waals surface area contributed by atoms with Gasteiger partial charge in [0.1, 0.15) is 18.1 Å². The van der Waals surface area contributed by atoms with Crippen LogP contribution in [-0.4, -0.2) is 31.9 Å². The van der Waals surface area contributed by atoms with E-state index < -0.39 is 6.10 Å². The number of hydrogen-bond acceptors (Lipinski definition) is 5. The van der Waals surface area contributed by atoms with Crippen molar-refractivity contribution in [2.75, 3.05) is 19.8 Å². The molecule has 5 heteroatoms. The lowest BCUT2D eigenvalue weighted by atomic mass is 9.87. The van der Waals surface area contributed by atoms with Crippen molar-refractivity contribution in [3.05, 3.63) is 101 Å². The highest BCUT2D eigenvalue weighted by Crippen LogP contribution is 2.26. The molecule has 1 aliphatic rings. The van der Waals surface area contributed by atoms with Crippen LogP contribution in [0.2, 0.25) is 0 Å². The van der Waals surface area contributed by atoms with Crippen LogP contribution < -0.4 is 4.74 Å². The number of esters is 1. The van der Waals surface area contributed by atoms with Crippen molar-refractivity contribution < 1.29 is 23.7 Å². The van der Waals surface area contributed by atoms with Gasteiger partial charge in [-0.1, -0.05) is 89.2 Å². The fraction of sp³-hybridized carbons (Fsp3) is 0.424. The molecule has 5 nitrogen and oxygen atoms in total. The van der Waals surface area contributed by atoms with Crippen LogP contribution in [0, 0.1) is 0 Å². The normalized spacial score (nSPS) is 13.7. The van der Waals surface area contributed by atoms with Crippen molar-refractivity contribution in [3.63, 3.8) is 0 Å². The molecular formula is C33H44O5. The maximum Gasteiger partial charge on any atom is 0.347 e. The molecule has 0 heterocycles. The fourth-order valence-corrected chi connectivity index (χ4v) is 3.71. The number of hydrogen-bond donors (Lipinski definition) is 0. The van der Waals surface area contributed by atoms with E-state index >= 15 is 0 Å². The van der Waals surface area contributed by atoms with Crippen LogP contribution in [0.3, 0.4) is 0 Å². The second-order valence-corrected chi connectivity index (χ2v) is 9.68. The standard InChI is InChI=1S/C31H38O5.C2H6/c1-5-34-30(32)29(36-28-18-15-26(16-19-28)31(2,3)4)22-24-12-9-13-27(17-14-24)35-21-20-33-23-25-10-7-6-8-11-25;1-2/h6-8,10-19,29H,5,9,20-23H2,1-4H3;1-2H3. The van der Waals surface area contributed by atoms with Crippen LogP contribution in [0.5, 0.6) is 5.75 Å². The second kappa shape index (κ2) is 16.5. The van der Waals surface area contributed by atoms with Crippen LogP contribution >= 0.6 is 0 Å². The smallest absolute Gasteiger partial charge is 0.347 e. The zero-order valence-electron chi connectivity index (χ0n) is 23.9. The van der Waals surface area contributed by atoms with E-state index in [-0.39, 0.29) is 11.4 Å². The Morgan fingerprint density at radius 1 is 0.921 bits per heavy atom. The molecule has 206 valence electrons. The van der Waals surface area contributed by atoms with Gasteiger partial charge >= 0.3 is 5.97 Å². The summed E-state index contributed by atoms with van der Waals surface area (Å²) in [4.78, 5) is 12.7. The molecule has 2 aromatic carbocycles. The Morgan fingerprint density at radius 3 is 2.29 bits per heavy atom. The summed E-state index contributed by atoms with van der Waals surface area (Å²) in [5.74, 6) is 1.07. The Kier molecular flexibility index (Phi) is 13.4. The van der Waals surface area contributed by atoms with E-state index in [1.54, 1.807) is 6.92 Å². The van der Waals surface area contributed by atoms with Crippen LogP contribution in [0.15, 0.2) is 90.2 Å². The lowest BCUT2D eigenvalue weighted by Gasteiger charge is -2.21. The van der Waals surface area contributed by atoms with Gasteiger partial charge in [-0.2, -0.15) is 0 Å². The van der Waals surface area contributed by atoms with Gasteiger partial charge in [0.25, 0.3) is 0 Å². The van der Waals surface area contributed by atoms with Gasteiger partial charge in [0.05, 0.1) is 19.8 Å². The Hall–Kier alpha value is -3.31. The van der Waals surface area contributed by atoms with Crippen molar-refractivity contribution in [3.8, 4) is 5.75 Å². The maximum atomic E-state index is 12.7. The molecule has 1 aliphatic carbocycles. The average Bonchev–Trinajstić information content (AvgIpc) is 3.15. The molecule has 38 heavy (non-hydrogen) atoms. The lowest BCUT2D eigenvalue weighted by Crippen LogP contribution is -2.30. The van der Waals surface area contributed by atoms with Crippen LogP contribution in [0.1, 0.15) is 65.5 Å². The minimum absolute atomic E-state index is 0.0514. The monoisotopic (exact) mass is 520 g/mol. The number of carbonyl (C=O) groups excluding carboxylic acids is 1. The Morgan fingerprint density at radius 2 is 1.63 bits per heavy atom. The molecule has 0 N–H and O–H groups in total. The molecule has 1 atom stereocenters. The number of benzene rings is 2. The number of allylic oxidation sites excluding steroid dienone is 4. The van der Waals surface area contributed by atoms with Crippen molar-refractivity contribution in [2.45, 2.75) is 72.5 Å². The lowest BCUT2D eigenvalue weighted by molar-refractivity contribution is -0.151. The first-order chi connectivity index (χ1) is 18.3. The summed E-state index contributed by atoms with van der Waals surface area (Å²) in [6.45, 7) is 14.2. The minimum atomic E-state index is -0.727. The van der Waals surface area contributed by atoms with Crippen LogP contribution in [-0.2, 0) is 31.0 Å². The van der Waals surface area contributed by atoms with Gasteiger partial charge in [0, 0.05) is 6.42 Å². The topological polar surface area (TPSA) is 54.0 Å².